The number of rotatable bonds is 8. The zero-order valence-corrected chi connectivity index (χ0v) is 26.7. The van der Waals surface area contributed by atoms with Crippen LogP contribution >= 0.6 is 0 Å². The van der Waals surface area contributed by atoms with Crippen molar-refractivity contribution < 1.29 is 37.8 Å². The molecule has 2 N–H and O–H groups in total. The number of nitrogens with one attached hydrogen (secondary N) is 2. The first-order chi connectivity index (χ1) is 21.1. The molecule has 0 bridgehead atoms. The van der Waals surface area contributed by atoms with Crippen LogP contribution in [-0.4, -0.2) is 83.3 Å². The Morgan fingerprint density at radius 3 is 2.22 bits per heavy atom. The number of amides is 4. The lowest BCUT2D eigenvalue weighted by molar-refractivity contribution is -0.138. The summed E-state index contributed by atoms with van der Waals surface area (Å²) < 4.78 is 30.5. The highest BCUT2D eigenvalue weighted by atomic mass is 19.1. The molecule has 4 atom stereocenters. The third kappa shape index (κ3) is 8.86. The summed E-state index contributed by atoms with van der Waals surface area (Å²) in [6.07, 6.45) is -1.62. The standard InChI is InChI=1S/C33H43FN4O7/c1-32(2,3)28(36-31(42)43-20-21-10-8-7-9-11-21)29(40)37-17-16-24-27(37)25(44-23-14-12-22(34)13-15-23)19-38(24)26(39)18-35-30(41)45-33(4,5)6/h7-15,24-25,27-28H,16-20H2,1-6H3,(H,35,41)(H,36,42). The van der Waals surface area contributed by atoms with Crippen LogP contribution in [0, 0.1) is 11.2 Å². The topological polar surface area (TPSA) is 127 Å². The number of nitrogens with zero attached hydrogens (tertiary/aromatic N) is 2. The first kappa shape index (κ1) is 33.5. The monoisotopic (exact) mass is 626 g/mol. The summed E-state index contributed by atoms with van der Waals surface area (Å²) in [6.45, 7) is 10.9. The van der Waals surface area contributed by atoms with E-state index in [2.05, 4.69) is 10.6 Å². The molecule has 4 amide bonds. The molecule has 2 aliphatic heterocycles. The molecule has 0 saturated carbocycles. The summed E-state index contributed by atoms with van der Waals surface area (Å²) in [6, 6.07) is 12.8. The summed E-state index contributed by atoms with van der Waals surface area (Å²) in [5.74, 6) is -0.728. The van der Waals surface area contributed by atoms with Crippen LogP contribution in [0.5, 0.6) is 5.75 Å². The Balaban J connectivity index is 1.51. The number of likely N-dealkylation sites (tertiary alicyclic amines) is 2. The van der Waals surface area contributed by atoms with Crippen molar-refractivity contribution in [3.8, 4) is 5.75 Å². The highest BCUT2D eigenvalue weighted by molar-refractivity contribution is 5.88. The molecule has 2 aliphatic rings. The number of ether oxygens (including phenoxy) is 3. The van der Waals surface area contributed by atoms with Gasteiger partial charge in [-0.3, -0.25) is 9.59 Å². The Kier molecular flexibility index (Phi) is 10.2. The Morgan fingerprint density at radius 1 is 0.933 bits per heavy atom. The number of halogens is 1. The number of carbonyl (C=O) groups excluding carboxylic acids is 4. The summed E-state index contributed by atoms with van der Waals surface area (Å²) in [5, 5.41) is 5.27. The quantitative estimate of drug-likeness (QED) is 0.449. The number of alkyl carbamates (subject to hydrolysis) is 2. The normalized spacial score (nSPS) is 20.2. The molecule has 2 saturated heterocycles. The second-order valence-electron chi connectivity index (χ2n) is 13.4. The minimum atomic E-state index is -0.940. The highest BCUT2D eigenvalue weighted by Gasteiger charge is 2.54. The number of hydrogen-bond donors (Lipinski definition) is 2. The van der Waals surface area contributed by atoms with E-state index < -0.39 is 53.2 Å². The molecule has 0 radical (unpaired) electrons. The average molecular weight is 627 g/mol. The molecule has 0 spiro atoms. The van der Waals surface area contributed by atoms with E-state index in [1.165, 1.54) is 24.3 Å². The van der Waals surface area contributed by atoms with Crippen LogP contribution in [-0.2, 0) is 25.7 Å². The van der Waals surface area contributed by atoms with Crippen molar-refractivity contribution in [1.82, 2.24) is 20.4 Å². The first-order valence-electron chi connectivity index (χ1n) is 15.1. The highest BCUT2D eigenvalue weighted by Crippen LogP contribution is 2.36. The van der Waals surface area contributed by atoms with E-state index in [1.807, 2.05) is 51.1 Å². The molecule has 4 rings (SSSR count). The van der Waals surface area contributed by atoms with Crippen LogP contribution in [0.15, 0.2) is 54.6 Å². The van der Waals surface area contributed by atoms with Gasteiger partial charge in [0.05, 0.1) is 18.6 Å². The molecular formula is C33H43FN4O7. The van der Waals surface area contributed by atoms with Crippen LogP contribution in [0.4, 0.5) is 14.0 Å². The minimum Gasteiger partial charge on any atom is -0.486 e. The smallest absolute Gasteiger partial charge is 0.408 e. The van der Waals surface area contributed by atoms with E-state index in [0.717, 1.165) is 5.56 Å². The summed E-state index contributed by atoms with van der Waals surface area (Å²) >= 11 is 0. The maximum Gasteiger partial charge on any atom is 0.408 e. The largest absolute Gasteiger partial charge is 0.486 e. The van der Waals surface area contributed by atoms with Gasteiger partial charge in [0.25, 0.3) is 0 Å². The summed E-state index contributed by atoms with van der Waals surface area (Å²) in [5.41, 5.74) is -0.594. The molecule has 4 unspecified atom stereocenters. The van der Waals surface area contributed by atoms with Gasteiger partial charge in [-0.2, -0.15) is 0 Å². The van der Waals surface area contributed by atoms with Crippen LogP contribution in [0.3, 0.4) is 0 Å². The zero-order chi connectivity index (χ0) is 32.9. The maximum absolute atomic E-state index is 14.2. The van der Waals surface area contributed by atoms with Crippen molar-refractivity contribution >= 4 is 24.0 Å². The zero-order valence-electron chi connectivity index (χ0n) is 26.7. The second-order valence-corrected chi connectivity index (χ2v) is 13.4. The first-order valence-corrected chi connectivity index (χ1v) is 15.1. The fourth-order valence-corrected chi connectivity index (χ4v) is 5.62. The van der Waals surface area contributed by atoms with Gasteiger partial charge in [0, 0.05) is 6.54 Å². The minimum absolute atomic E-state index is 0.0497. The lowest BCUT2D eigenvalue weighted by Crippen LogP contribution is -2.58. The third-order valence-corrected chi connectivity index (χ3v) is 7.65. The van der Waals surface area contributed by atoms with Gasteiger partial charge in [0.2, 0.25) is 11.8 Å². The molecule has 2 aromatic rings. The van der Waals surface area contributed by atoms with E-state index in [1.54, 1.807) is 30.6 Å². The fraction of sp³-hybridized carbons (Fsp3) is 0.515. The molecule has 0 aliphatic carbocycles. The molecule has 244 valence electrons. The average Bonchev–Trinajstić information content (AvgIpc) is 3.55. The van der Waals surface area contributed by atoms with E-state index in [9.17, 15) is 23.6 Å². The van der Waals surface area contributed by atoms with Gasteiger partial charge in [-0.05, 0) is 62.4 Å². The van der Waals surface area contributed by atoms with Crippen molar-refractivity contribution in [3.05, 3.63) is 66.0 Å². The van der Waals surface area contributed by atoms with E-state index in [0.29, 0.717) is 18.7 Å². The van der Waals surface area contributed by atoms with Crippen LogP contribution in [0.25, 0.3) is 0 Å². The molecule has 11 nitrogen and oxygen atoms in total. The van der Waals surface area contributed by atoms with Gasteiger partial charge < -0.3 is 34.6 Å². The SMILES string of the molecule is CC(C)(C)OC(=O)NCC(=O)N1CC(Oc2ccc(F)cc2)C2C1CCN2C(=O)C(NC(=O)OCc1ccccc1)C(C)(C)C. The second kappa shape index (κ2) is 13.7. The number of fused-ring (bicyclic) bond motifs is 1. The van der Waals surface area contributed by atoms with Gasteiger partial charge in [-0.1, -0.05) is 51.1 Å². The van der Waals surface area contributed by atoms with Crippen LogP contribution < -0.4 is 15.4 Å². The van der Waals surface area contributed by atoms with Crippen molar-refractivity contribution in [2.24, 2.45) is 5.41 Å². The van der Waals surface area contributed by atoms with Gasteiger partial charge in [0.1, 0.15) is 42.5 Å². The molecule has 2 fully saturated rings. The molecule has 45 heavy (non-hydrogen) atoms. The Bertz CT molecular complexity index is 1360. The summed E-state index contributed by atoms with van der Waals surface area (Å²) in [7, 11) is 0. The van der Waals surface area contributed by atoms with Crippen LogP contribution in [0.1, 0.15) is 53.5 Å². The van der Waals surface area contributed by atoms with E-state index in [-0.39, 0.29) is 31.5 Å². The fourth-order valence-electron chi connectivity index (χ4n) is 5.62. The van der Waals surface area contributed by atoms with Gasteiger partial charge in [-0.25, -0.2) is 14.0 Å². The van der Waals surface area contributed by atoms with Gasteiger partial charge in [-0.15, -0.1) is 0 Å². The van der Waals surface area contributed by atoms with Crippen molar-refractivity contribution in [2.75, 3.05) is 19.6 Å². The Morgan fingerprint density at radius 2 is 1.60 bits per heavy atom. The lowest BCUT2D eigenvalue weighted by Gasteiger charge is -2.36. The van der Waals surface area contributed by atoms with E-state index >= 15 is 0 Å². The summed E-state index contributed by atoms with van der Waals surface area (Å²) in [4.78, 5) is 55.9. The molecule has 2 aromatic carbocycles. The molecule has 2 heterocycles. The van der Waals surface area contributed by atoms with E-state index in [4.69, 9.17) is 14.2 Å². The third-order valence-electron chi connectivity index (χ3n) is 7.65. The van der Waals surface area contributed by atoms with Crippen molar-refractivity contribution in [1.29, 1.82) is 0 Å². The molecular weight excluding hydrogens is 583 g/mol. The van der Waals surface area contributed by atoms with Crippen molar-refractivity contribution in [2.45, 2.75) is 84.4 Å². The number of hydrogen-bond acceptors (Lipinski definition) is 7. The van der Waals surface area contributed by atoms with Crippen molar-refractivity contribution in [3.63, 3.8) is 0 Å². The lowest BCUT2D eigenvalue weighted by atomic mass is 9.85. The van der Waals surface area contributed by atoms with Gasteiger partial charge in [0.15, 0.2) is 0 Å². The predicted octanol–water partition coefficient (Wildman–Crippen LogP) is 4.25. The van der Waals surface area contributed by atoms with Gasteiger partial charge >= 0.3 is 12.2 Å². The number of carbonyl (C=O) groups is 4. The predicted molar refractivity (Wildman–Crippen MR) is 164 cm³/mol. The maximum atomic E-state index is 14.2. The number of benzene rings is 2. The van der Waals surface area contributed by atoms with Crippen LogP contribution in [0.2, 0.25) is 0 Å². The Labute approximate surface area is 263 Å². The molecule has 12 heteroatoms. The molecule has 0 aromatic heterocycles. The Hall–Kier alpha value is -4.35.